The van der Waals surface area contributed by atoms with Gasteiger partial charge in [0.25, 0.3) is 0 Å². The molecule has 0 heterocycles. The van der Waals surface area contributed by atoms with Gasteiger partial charge in [0.15, 0.2) is 0 Å². The van der Waals surface area contributed by atoms with Gasteiger partial charge >= 0.3 is 0 Å². The number of aliphatic imine (C=N–C) groups is 1. The maximum Gasteiger partial charge on any atom is 0.138 e. The third-order valence-corrected chi connectivity index (χ3v) is 3.61. The van der Waals surface area contributed by atoms with Crippen molar-refractivity contribution in [1.82, 2.24) is 0 Å². The Morgan fingerprint density at radius 2 is 1.57 bits per heavy atom. The molecule has 3 aromatic rings. The van der Waals surface area contributed by atoms with Crippen molar-refractivity contribution in [3.05, 3.63) is 95.0 Å². The normalized spacial score (nSPS) is 10.8. The minimum atomic E-state index is 0.498. The summed E-state index contributed by atoms with van der Waals surface area (Å²) in [6.07, 6.45) is 1.79. The van der Waals surface area contributed by atoms with Crippen LogP contribution in [0.3, 0.4) is 0 Å². The smallest absolute Gasteiger partial charge is 0.138 e. The molecule has 0 unspecified atom stereocenters. The maximum absolute atomic E-state index is 6.29. The van der Waals surface area contributed by atoms with Crippen molar-refractivity contribution < 1.29 is 4.74 Å². The highest BCUT2D eigenvalue weighted by Crippen LogP contribution is 2.26. The van der Waals surface area contributed by atoms with Crippen molar-refractivity contribution >= 4 is 23.5 Å². The number of benzene rings is 3. The Hall–Kier alpha value is -2.58. The SMILES string of the molecule is Clc1cc(C=Nc2ccccc2)ccc1OCc1ccccc1. The topological polar surface area (TPSA) is 21.6 Å². The zero-order chi connectivity index (χ0) is 15.9. The van der Waals surface area contributed by atoms with Crippen LogP contribution in [0.25, 0.3) is 0 Å². The van der Waals surface area contributed by atoms with Gasteiger partial charge in [0, 0.05) is 6.21 Å². The summed E-state index contributed by atoms with van der Waals surface area (Å²) in [6.45, 7) is 0.498. The highest BCUT2D eigenvalue weighted by Gasteiger charge is 2.03. The standard InChI is InChI=1S/C20H16ClNO/c21-19-13-17(14-22-18-9-5-2-6-10-18)11-12-20(19)23-15-16-7-3-1-4-8-16/h1-14H,15H2. The molecule has 3 aromatic carbocycles. The monoisotopic (exact) mass is 321 g/mol. The van der Waals surface area contributed by atoms with Crippen LogP contribution in [-0.2, 0) is 6.61 Å². The number of hydrogen-bond acceptors (Lipinski definition) is 2. The van der Waals surface area contributed by atoms with Crippen LogP contribution in [0.1, 0.15) is 11.1 Å². The molecular formula is C20H16ClNO. The van der Waals surface area contributed by atoms with E-state index in [2.05, 4.69) is 4.99 Å². The van der Waals surface area contributed by atoms with Crippen LogP contribution < -0.4 is 4.74 Å². The molecule has 0 aliphatic rings. The van der Waals surface area contributed by atoms with E-state index in [0.29, 0.717) is 17.4 Å². The number of rotatable bonds is 5. The summed E-state index contributed by atoms with van der Waals surface area (Å²) in [5.74, 6) is 0.674. The van der Waals surface area contributed by atoms with Gasteiger partial charge in [0.05, 0.1) is 10.7 Å². The zero-order valence-electron chi connectivity index (χ0n) is 12.5. The van der Waals surface area contributed by atoms with Crippen LogP contribution in [0, 0.1) is 0 Å². The van der Waals surface area contributed by atoms with Gasteiger partial charge in [-0.25, -0.2) is 0 Å². The van der Waals surface area contributed by atoms with Gasteiger partial charge in [-0.15, -0.1) is 0 Å². The molecule has 0 N–H and O–H groups in total. The molecule has 23 heavy (non-hydrogen) atoms. The highest BCUT2D eigenvalue weighted by molar-refractivity contribution is 6.32. The molecule has 0 aromatic heterocycles. The van der Waals surface area contributed by atoms with Crippen LogP contribution in [0.2, 0.25) is 5.02 Å². The molecule has 0 saturated carbocycles. The predicted molar refractivity (Wildman–Crippen MR) is 95.9 cm³/mol. The average molecular weight is 322 g/mol. The molecule has 0 saturated heterocycles. The Bertz CT molecular complexity index is 785. The predicted octanol–water partition coefficient (Wildman–Crippen LogP) is 5.67. The van der Waals surface area contributed by atoms with E-state index in [1.165, 1.54) is 0 Å². The third kappa shape index (κ3) is 4.44. The minimum Gasteiger partial charge on any atom is -0.487 e. The van der Waals surface area contributed by atoms with Crippen LogP contribution in [0.5, 0.6) is 5.75 Å². The Morgan fingerprint density at radius 1 is 0.870 bits per heavy atom. The van der Waals surface area contributed by atoms with Crippen molar-refractivity contribution in [3.63, 3.8) is 0 Å². The summed E-state index contributed by atoms with van der Waals surface area (Å²) in [4.78, 5) is 4.42. The fourth-order valence-corrected chi connectivity index (χ4v) is 2.36. The number of halogens is 1. The quantitative estimate of drug-likeness (QED) is 0.555. The lowest BCUT2D eigenvalue weighted by Gasteiger charge is -2.08. The fourth-order valence-electron chi connectivity index (χ4n) is 2.11. The number of ether oxygens (including phenoxy) is 1. The second-order valence-electron chi connectivity index (χ2n) is 5.06. The second kappa shape index (κ2) is 7.61. The molecule has 0 radical (unpaired) electrons. The van der Waals surface area contributed by atoms with E-state index in [9.17, 15) is 0 Å². The largest absolute Gasteiger partial charge is 0.487 e. The van der Waals surface area contributed by atoms with Gasteiger partial charge in [-0.05, 0) is 41.5 Å². The van der Waals surface area contributed by atoms with Gasteiger partial charge in [-0.1, -0.05) is 60.1 Å². The Labute approximate surface area is 141 Å². The Kier molecular flexibility index (Phi) is 5.07. The third-order valence-electron chi connectivity index (χ3n) is 3.31. The molecule has 3 rings (SSSR count). The number of para-hydroxylation sites is 1. The molecule has 114 valence electrons. The van der Waals surface area contributed by atoms with E-state index < -0.39 is 0 Å². The molecule has 0 fully saturated rings. The first-order valence-electron chi connectivity index (χ1n) is 7.37. The first kappa shape index (κ1) is 15.3. The van der Waals surface area contributed by atoms with Gasteiger partial charge in [0.2, 0.25) is 0 Å². The number of hydrogen-bond donors (Lipinski definition) is 0. The Balaban J connectivity index is 1.67. The van der Waals surface area contributed by atoms with Gasteiger partial charge < -0.3 is 4.74 Å². The zero-order valence-corrected chi connectivity index (χ0v) is 13.3. The van der Waals surface area contributed by atoms with Gasteiger partial charge in [-0.3, -0.25) is 4.99 Å². The molecule has 0 bridgehead atoms. The van der Waals surface area contributed by atoms with Gasteiger partial charge in [-0.2, -0.15) is 0 Å². The molecule has 0 spiro atoms. The average Bonchev–Trinajstić information content (AvgIpc) is 2.61. The lowest BCUT2D eigenvalue weighted by molar-refractivity contribution is 0.306. The van der Waals surface area contributed by atoms with Crippen molar-refractivity contribution in [1.29, 1.82) is 0 Å². The molecule has 3 heteroatoms. The lowest BCUT2D eigenvalue weighted by atomic mass is 10.2. The molecule has 0 aliphatic carbocycles. The summed E-state index contributed by atoms with van der Waals surface area (Å²) < 4.78 is 5.76. The van der Waals surface area contributed by atoms with Crippen molar-refractivity contribution in [3.8, 4) is 5.75 Å². The lowest BCUT2D eigenvalue weighted by Crippen LogP contribution is -1.96. The van der Waals surface area contributed by atoms with Crippen LogP contribution in [-0.4, -0.2) is 6.21 Å². The number of nitrogens with zero attached hydrogens (tertiary/aromatic N) is 1. The Morgan fingerprint density at radius 3 is 2.26 bits per heavy atom. The summed E-state index contributed by atoms with van der Waals surface area (Å²) >= 11 is 6.29. The van der Waals surface area contributed by atoms with Crippen molar-refractivity contribution in [2.24, 2.45) is 4.99 Å². The van der Waals surface area contributed by atoms with E-state index in [4.69, 9.17) is 16.3 Å². The maximum atomic E-state index is 6.29. The minimum absolute atomic E-state index is 0.498. The van der Waals surface area contributed by atoms with Crippen molar-refractivity contribution in [2.75, 3.05) is 0 Å². The van der Waals surface area contributed by atoms with E-state index in [1.54, 1.807) is 6.21 Å². The molecule has 2 nitrogen and oxygen atoms in total. The van der Waals surface area contributed by atoms with E-state index in [-0.39, 0.29) is 0 Å². The van der Waals surface area contributed by atoms with Crippen LogP contribution >= 0.6 is 11.6 Å². The van der Waals surface area contributed by atoms with Gasteiger partial charge in [0.1, 0.15) is 12.4 Å². The summed E-state index contributed by atoms with van der Waals surface area (Å²) in [5, 5.41) is 0.581. The van der Waals surface area contributed by atoms with Crippen molar-refractivity contribution in [2.45, 2.75) is 6.61 Å². The van der Waals surface area contributed by atoms with Crippen LogP contribution in [0.4, 0.5) is 5.69 Å². The fraction of sp³-hybridized carbons (Fsp3) is 0.0500. The summed E-state index contributed by atoms with van der Waals surface area (Å²) in [6, 6.07) is 25.5. The molecule has 0 amide bonds. The second-order valence-corrected chi connectivity index (χ2v) is 5.47. The molecule has 0 atom stereocenters. The summed E-state index contributed by atoms with van der Waals surface area (Å²) in [7, 11) is 0. The highest BCUT2D eigenvalue weighted by atomic mass is 35.5. The van der Waals surface area contributed by atoms with Crippen LogP contribution in [0.15, 0.2) is 83.9 Å². The molecule has 0 aliphatic heterocycles. The first-order valence-corrected chi connectivity index (χ1v) is 7.74. The first-order chi connectivity index (χ1) is 11.3. The van der Waals surface area contributed by atoms with E-state index in [0.717, 1.165) is 16.8 Å². The van der Waals surface area contributed by atoms with E-state index >= 15 is 0 Å². The molecular weight excluding hydrogens is 306 g/mol. The summed E-state index contributed by atoms with van der Waals surface area (Å²) in [5.41, 5.74) is 2.96. The van der Waals surface area contributed by atoms with E-state index in [1.807, 2.05) is 78.9 Å².